The zero-order valence-electron chi connectivity index (χ0n) is 12.7. The van der Waals surface area contributed by atoms with Gasteiger partial charge < -0.3 is 14.2 Å². The van der Waals surface area contributed by atoms with Crippen molar-refractivity contribution in [2.45, 2.75) is 32.9 Å². The molecule has 0 fully saturated rings. The molecule has 0 saturated carbocycles. The Labute approximate surface area is 129 Å². The summed E-state index contributed by atoms with van der Waals surface area (Å²) in [6.07, 6.45) is 1.22. The van der Waals surface area contributed by atoms with Gasteiger partial charge in [-0.2, -0.15) is 0 Å². The Hall–Kier alpha value is -2.37. The minimum atomic E-state index is 0.156. The van der Waals surface area contributed by atoms with Gasteiger partial charge >= 0.3 is 0 Å². The topological polar surface area (TPSA) is 60.2 Å². The smallest absolute Gasteiger partial charge is 0.223 e. The van der Waals surface area contributed by atoms with Crippen LogP contribution in [0.25, 0.3) is 0 Å². The van der Waals surface area contributed by atoms with E-state index in [4.69, 9.17) is 4.74 Å². The van der Waals surface area contributed by atoms with Crippen LogP contribution < -0.4 is 4.74 Å². The molecule has 1 amide bonds. The number of fused-ring (bicyclic) bond motifs is 1. The predicted molar refractivity (Wildman–Crippen MR) is 81.3 cm³/mol. The van der Waals surface area contributed by atoms with Gasteiger partial charge in [-0.1, -0.05) is 18.2 Å². The van der Waals surface area contributed by atoms with Gasteiger partial charge in [0.1, 0.15) is 11.6 Å². The van der Waals surface area contributed by atoms with E-state index < -0.39 is 0 Å². The number of carbonyl (C=O) groups is 1. The molecule has 116 valence electrons. The fourth-order valence-corrected chi connectivity index (χ4v) is 2.60. The van der Waals surface area contributed by atoms with Crippen LogP contribution in [0.15, 0.2) is 30.3 Å². The van der Waals surface area contributed by atoms with E-state index in [0.717, 1.165) is 36.9 Å². The van der Waals surface area contributed by atoms with Crippen LogP contribution >= 0.6 is 0 Å². The first-order chi connectivity index (χ1) is 10.7. The van der Waals surface area contributed by atoms with E-state index in [-0.39, 0.29) is 5.91 Å². The highest BCUT2D eigenvalue weighted by atomic mass is 16.5. The highest BCUT2D eigenvalue weighted by molar-refractivity contribution is 5.76. The van der Waals surface area contributed by atoms with Crippen LogP contribution in [0.1, 0.15) is 24.5 Å². The van der Waals surface area contributed by atoms with Gasteiger partial charge in [0, 0.05) is 19.5 Å². The quantitative estimate of drug-likeness (QED) is 0.790. The summed E-state index contributed by atoms with van der Waals surface area (Å²) in [6.45, 7) is 4.55. The summed E-state index contributed by atoms with van der Waals surface area (Å²) in [7, 11) is 0. The summed E-state index contributed by atoms with van der Waals surface area (Å²) in [5.41, 5.74) is 0. The Morgan fingerprint density at radius 2 is 2.05 bits per heavy atom. The average molecular weight is 300 g/mol. The molecular weight excluding hydrogens is 280 g/mol. The zero-order chi connectivity index (χ0) is 15.4. The Kier molecular flexibility index (Phi) is 4.37. The van der Waals surface area contributed by atoms with Crippen LogP contribution in [0, 0.1) is 6.92 Å². The largest absolute Gasteiger partial charge is 0.494 e. The molecule has 0 atom stereocenters. The Balaban J connectivity index is 1.43. The second-order valence-corrected chi connectivity index (χ2v) is 5.40. The van der Waals surface area contributed by atoms with Gasteiger partial charge in [-0.25, -0.2) is 0 Å². The summed E-state index contributed by atoms with van der Waals surface area (Å²) in [5, 5.41) is 8.18. The van der Waals surface area contributed by atoms with Gasteiger partial charge in [-0.3, -0.25) is 4.79 Å². The van der Waals surface area contributed by atoms with Crippen molar-refractivity contribution in [3.63, 3.8) is 0 Å². The molecule has 0 spiro atoms. The number of hydrogen-bond donors (Lipinski definition) is 0. The van der Waals surface area contributed by atoms with Crippen molar-refractivity contribution >= 4 is 5.91 Å². The molecule has 6 heteroatoms. The van der Waals surface area contributed by atoms with Gasteiger partial charge in [0.25, 0.3) is 0 Å². The first-order valence-electron chi connectivity index (χ1n) is 7.58. The highest BCUT2D eigenvalue weighted by Crippen LogP contribution is 2.14. The van der Waals surface area contributed by atoms with Gasteiger partial charge in [0.05, 0.1) is 13.2 Å². The fourth-order valence-electron chi connectivity index (χ4n) is 2.60. The monoisotopic (exact) mass is 300 g/mol. The number of nitrogens with zero attached hydrogens (tertiary/aromatic N) is 4. The van der Waals surface area contributed by atoms with Crippen molar-refractivity contribution in [3.05, 3.63) is 42.0 Å². The van der Waals surface area contributed by atoms with Crippen LogP contribution in [0.2, 0.25) is 0 Å². The maximum Gasteiger partial charge on any atom is 0.223 e. The predicted octanol–water partition coefficient (Wildman–Crippen LogP) is 1.79. The summed E-state index contributed by atoms with van der Waals surface area (Å²) < 4.78 is 7.68. The van der Waals surface area contributed by atoms with Crippen molar-refractivity contribution in [1.29, 1.82) is 0 Å². The van der Waals surface area contributed by atoms with E-state index in [0.29, 0.717) is 19.6 Å². The van der Waals surface area contributed by atoms with E-state index in [2.05, 4.69) is 14.8 Å². The maximum atomic E-state index is 12.2. The third-order valence-corrected chi connectivity index (χ3v) is 3.84. The molecule has 0 radical (unpaired) electrons. The Morgan fingerprint density at radius 1 is 1.23 bits per heavy atom. The first-order valence-corrected chi connectivity index (χ1v) is 7.58. The standard InChI is InChI=1S/C16H20N4O2/c1-13-17-18-15-12-19(9-10-20(13)15)16(21)8-5-11-22-14-6-3-2-4-7-14/h2-4,6-7H,5,8-12H2,1H3. The molecule has 0 N–H and O–H groups in total. The molecule has 6 nitrogen and oxygen atoms in total. The molecule has 2 aromatic rings. The number of rotatable bonds is 5. The zero-order valence-corrected chi connectivity index (χ0v) is 12.7. The van der Waals surface area contributed by atoms with Crippen molar-refractivity contribution < 1.29 is 9.53 Å². The Morgan fingerprint density at radius 3 is 2.86 bits per heavy atom. The minimum Gasteiger partial charge on any atom is -0.494 e. The Bertz CT molecular complexity index is 639. The molecule has 0 aliphatic carbocycles. The van der Waals surface area contributed by atoms with Crippen LogP contribution in [0.5, 0.6) is 5.75 Å². The summed E-state index contributed by atoms with van der Waals surface area (Å²) in [5.74, 6) is 2.79. The summed E-state index contributed by atoms with van der Waals surface area (Å²) >= 11 is 0. The molecular formula is C16H20N4O2. The molecule has 1 aromatic carbocycles. The van der Waals surface area contributed by atoms with Crippen molar-refractivity contribution in [1.82, 2.24) is 19.7 Å². The van der Waals surface area contributed by atoms with Crippen LogP contribution in [0.4, 0.5) is 0 Å². The number of aryl methyl sites for hydroxylation is 1. The number of para-hydroxylation sites is 1. The second-order valence-electron chi connectivity index (χ2n) is 5.40. The van der Waals surface area contributed by atoms with Gasteiger partial charge in [-0.15, -0.1) is 10.2 Å². The van der Waals surface area contributed by atoms with Crippen molar-refractivity contribution in [3.8, 4) is 5.75 Å². The molecule has 1 aromatic heterocycles. The lowest BCUT2D eigenvalue weighted by atomic mass is 10.2. The van der Waals surface area contributed by atoms with Crippen molar-refractivity contribution in [2.24, 2.45) is 0 Å². The number of amides is 1. The van der Waals surface area contributed by atoms with Gasteiger partial charge in [0.2, 0.25) is 5.91 Å². The van der Waals surface area contributed by atoms with E-state index in [1.807, 2.05) is 42.2 Å². The normalized spacial score (nSPS) is 13.8. The summed E-state index contributed by atoms with van der Waals surface area (Å²) in [4.78, 5) is 14.1. The molecule has 1 aliphatic rings. The molecule has 3 rings (SSSR count). The lowest BCUT2D eigenvalue weighted by molar-refractivity contribution is -0.133. The molecule has 1 aliphatic heterocycles. The number of benzene rings is 1. The number of ether oxygens (including phenoxy) is 1. The van der Waals surface area contributed by atoms with E-state index >= 15 is 0 Å². The third-order valence-electron chi connectivity index (χ3n) is 3.84. The fraction of sp³-hybridized carbons (Fsp3) is 0.438. The van der Waals surface area contributed by atoms with E-state index in [1.165, 1.54) is 0 Å². The van der Waals surface area contributed by atoms with Crippen LogP contribution in [-0.4, -0.2) is 38.7 Å². The van der Waals surface area contributed by atoms with Crippen LogP contribution in [-0.2, 0) is 17.9 Å². The van der Waals surface area contributed by atoms with E-state index in [1.54, 1.807) is 0 Å². The average Bonchev–Trinajstić information content (AvgIpc) is 2.93. The lowest BCUT2D eigenvalue weighted by Gasteiger charge is -2.27. The lowest BCUT2D eigenvalue weighted by Crippen LogP contribution is -2.38. The van der Waals surface area contributed by atoms with Crippen molar-refractivity contribution in [2.75, 3.05) is 13.2 Å². The first kappa shape index (κ1) is 14.6. The number of aromatic nitrogens is 3. The number of hydrogen-bond acceptors (Lipinski definition) is 4. The molecule has 0 saturated heterocycles. The highest BCUT2D eigenvalue weighted by Gasteiger charge is 2.22. The van der Waals surface area contributed by atoms with E-state index in [9.17, 15) is 4.79 Å². The number of carbonyl (C=O) groups excluding carboxylic acids is 1. The molecule has 0 unspecified atom stereocenters. The summed E-state index contributed by atoms with van der Waals surface area (Å²) in [6, 6.07) is 9.66. The van der Waals surface area contributed by atoms with Gasteiger partial charge in [-0.05, 0) is 25.5 Å². The van der Waals surface area contributed by atoms with Crippen LogP contribution in [0.3, 0.4) is 0 Å². The minimum absolute atomic E-state index is 0.156. The SMILES string of the molecule is Cc1nnc2n1CCN(C(=O)CCCOc1ccccc1)C2. The maximum absolute atomic E-state index is 12.2. The van der Waals surface area contributed by atoms with Gasteiger partial charge in [0.15, 0.2) is 5.82 Å². The molecule has 2 heterocycles. The third kappa shape index (κ3) is 3.27. The molecule has 22 heavy (non-hydrogen) atoms. The molecule has 0 bridgehead atoms. The second kappa shape index (κ2) is 6.60.